The molecule has 5 heteroatoms. The Bertz CT molecular complexity index is 1270. The molecule has 5 nitrogen and oxygen atoms in total. The van der Waals surface area contributed by atoms with E-state index in [9.17, 15) is 9.59 Å². The lowest BCUT2D eigenvalue weighted by molar-refractivity contribution is -0.115. The van der Waals surface area contributed by atoms with Crippen LogP contribution in [-0.2, 0) is 17.8 Å². The van der Waals surface area contributed by atoms with Gasteiger partial charge in [0.25, 0.3) is 5.56 Å². The van der Waals surface area contributed by atoms with Gasteiger partial charge in [-0.05, 0) is 46.5 Å². The lowest BCUT2D eigenvalue weighted by atomic mass is 10.0. The van der Waals surface area contributed by atoms with Gasteiger partial charge in [0.1, 0.15) is 0 Å². The third kappa shape index (κ3) is 2.87. The Morgan fingerprint density at radius 1 is 0.929 bits per heavy atom. The maximum absolute atomic E-state index is 12.6. The molecule has 1 aromatic heterocycles. The van der Waals surface area contributed by atoms with E-state index in [0.29, 0.717) is 23.9 Å². The zero-order chi connectivity index (χ0) is 19.1. The second kappa shape index (κ2) is 6.46. The smallest absolute Gasteiger partial charge is 0.261 e. The molecule has 0 fully saturated rings. The van der Waals surface area contributed by atoms with E-state index in [1.165, 1.54) is 0 Å². The zero-order valence-electron chi connectivity index (χ0n) is 15.1. The van der Waals surface area contributed by atoms with Gasteiger partial charge in [-0.1, -0.05) is 42.5 Å². The quantitative estimate of drug-likeness (QED) is 0.602. The summed E-state index contributed by atoms with van der Waals surface area (Å²) in [6.07, 6.45) is 2.03. The topological polar surface area (TPSA) is 64.0 Å². The summed E-state index contributed by atoms with van der Waals surface area (Å²) in [5.41, 5.74) is 5.78. The van der Waals surface area contributed by atoms with Crippen LogP contribution in [0.5, 0.6) is 0 Å². The third-order valence-electron chi connectivity index (χ3n) is 5.10. The van der Waals surface area contributed by atoms with E-state index < -0.39 is 0 Å². The Hall–Kier alpha value is -3.73. The van der Waals surface area contributed by atoms with E-state index in [-0.39, 0.29) is 11.5 Å². The van der Waals surface area contributed by atoms with Gasteiger partial charge in [0.15, 0.2) is 0 Å². The summed E-state index contributed by atoms with van der Waals surface area (Å²) in [6.45, 7) is 0.472. The van der Waals surface area contributed by atoms with Crippen molar-refractivity contribution in [2.45, 2.75) is 13.0 Å². The van der Waals surface area contributed by atoms with Crippen LogP contribution in [0.2, 0.25) is 0 Å². The number of amides is 1. The molecule has 1 amide bonds. The number of anilines is 1. The minimum absolute atomic E-state index is 0.0366. The molecule has 0 radical (unpaired) electrons. The van der Waals surface area contributed by atoms with E-state index in [0.717, 1.165) is 27.9 Å². The molecule has 0 bridgehead atoms. The van der Waals surface area contributed by atoms with Crippen LogP contribution in [0.1, 0.15) is 11.1 Å². The number of rotatable bonds is 3. The number of nitrogens with zero attached hydrogens (tertiary/aromatic N) is 2. The summed E-state index contributed by atoms with van der Waals surface area (Å²) < 4.78 is 1.63. The molecule has 28 heavy (non-hydrogen) atoms. The van der Waals surface area contributed by atoms with Crippen molar-refractivity contribution in [3.05, 3.63) is 94.5 Å². The fraction of sp³-hybridized carbons (Fsp3) is 0.0870. The average molecular weight is 367 g/mol. The Morgan fingerprint density at radius 2 is 1.71 bits per heavy atom. The molecule has 0 atom stereocenters. The number of hydrogen-bond acceptors (Lipinski definition) is 3. The van der Waals surface area contributed by atoms with E-state index >= 15 is 0 Å². The lowest BCUT2D eigenvalue weighted by Gasteiger charge is -2.09. The Balaban J connectivity index is 1.42. The number of carbonyl (C=O) groups is 1. The van der Waals surface area contributed by atoms with E-state index in [1.54, 1.807) is 17.0 Å². The minimum atomic E-state index is -0.0366. The molecule has 1 aliphatic heterocycles. The number of nitrogens with one attached hydrogen (secondary N) is 1. The summed E-state index contributed by atoms with van der Waals surface area (Å²) in [6, 6.07) is 21.5. The van der Waals surface area contributed by atoms with Crippen LogP contribution in [0.15, 0.2) is 77.9 Å². The molecule has 136 valence electrons. The maximum atomic E-state index is 12.6. The summed E-state index contributed by atoms with van der Waals surface area (Å²) in [5.74, 6) is 0.0388. The molecule has 5 rings (SSSR count). The standard InChI is InChI=1S/C23H17N3O2/c27-22-12-18-11-17(9-10-20(18)25-22)16-7-5-15(6-8-16)13-26-14-24-21-4-2-1-3-19(21)23(26)28/h1-11,14H,12-13H2,(H,25,27). The molecule has 0 saturated heterocycles. The highest BCUT2D eigenvalue weighted by molar-refractivity contribution is 5.99. The van der Waals surface area contributed by atoms with Gasteiger partial charge in [-0.2, -0.15) is 0 Å². The summed E-state index contributed by atoms with van der Waals surface area (Å²) >= 11 is 0. The average Bonchev–Trinajstić information content (AvgIpc) is 3.10. The van der Waals surface area contributed by atoms with Gasteiger partial charge in [0.2, 0.25) is 5.91 Å². The molecule has 1 aliphatic rings. The Morgan fingerprint density at radius 3 is 2.57 bits per heavy atom. The highest BCUT2D eigenvalue weighted by Crippen LogP contribution is 2.29. The van der Waals surface area contributed by atoms with Gasteiger partial charge >= 0.3 is 0 Å². The molecule has 3 aromatic carbocycles. The summed E-state index contributed by atoms with van der Waals surface area (Å²) in [7, 11) is 0. The summed E-state index contributed by atoms with van der Waals surface area (Å²) in [4.78, 5) is 28.5. The number of aromatic nitrogens is 2. The van der Waals surface area contributed by atoms with Gasteiger partial charge in [0, 0.05) is 5.69 Å². The van der Waals surface area contributed by atoms with Crippen molar-refractivity contribution in [1.29, 1.82) is 0 Å². The van der Waals surface area contributed by atoms with Crippen molar-refractivity contribution in [2.24, 2.45) is 0 Å². The van der Waals surface area contributed by atoms with Crippen molar-refractivity contribution in [2.75, 3.05) is 5.32 Å². The van der Waals surface area contributed by atoms with Crippen molar-refractivity contribution in [1.82, 2.24) is 9.55 Å². The van der Waals surface area contributed by atoms with Gasteiger partial charge in [0.05, 0.1) is 30.2 Å². The Kier molecular flexibility index (Phi) is 3.79. The monoisotopic (exact) mass is 367 g/mol. The molecular weight excluding hydrogens is 350 g/mol. The minimum Gasteiger partial charge on any atom is -0.326 e. The first-order chi connectivity index (χ1) is 13.7. The third-order valence-corrected chi connectivity index (χ3v) is 5.10. The van der Waals surface area contributed by atoms with Crippen LogP contribution in [0, 0.1) is 0 Å². The van der Waals surface area contributed by atoms with Crippen molar-refractivity contribution in [3.8, 4) is 11.1 Å². The van der Waals surface area contributed by atoms with Gasteiger partial charge in [-0.25, -0.2) is 4.98 Å². The zero-order valence-corrected chi connectivity index (χ0v) is 15.1. The molecule has 0 saturated carbocycles. The molecule has 0 unspecified atom stereocenters. The summed E-state index contributed by atoms with van der Waals surface area (Å²) in [5, 5.41) is 3.48. The SMILES string of the molecule is O=C1Cc2cc(-c3ccc(Cn4cnc5ccccc5c4=O)cc3)ccc2N1. The van der Waals surface area contributed by atoms with Crippen LogP contribution in [0.4, 0.5) is 5.69 Å². The number of para-hydroxylation sites is 1. The number of fused-ring (bicyclic) bond motifs is 2. The first kappa shape index (κ1) is 16.4. The molecular formula is C23H17N3O2. The van der Waals surface area contributed by atoms with E-state index in [4.69, 9.17) is 0 Å². The van der Waals surface area contributed by atoms with E-state index in [1.807, 2.05) is 54.6 Å². The molecule has 0 aliphatic carbocycles. The predicted molar refractivity (Wildman–Crippen MR) is 109 cm³/mol. The van der Waals surface area contributed by atoms with Gasteiger partial charge < -0.3 is 5.32 Å². The van der Waals surface area contributed by atoms with Gasteiger partial charge in [-0.15, -0.1) is 0 Å². The lowest BCUT2D eigenvalue weighted by Crippen LogP contribution is -2.21. The molecule has 4 aromatic rings. The number of benzene rings is 3. The highest BCUT2D eigenvalue weighted by Gasteiger charge is 2.17. The first-order valence-corrected chi connectivity index (χ1v) is 9.14. The molecule has 1 N–H and O–H groups in total. The van der Waals surface area contributed by atoms with Crippen molar-refractivity contribution < 1.29 is 4.79 Å². The van der Waals surface area contributed by atoms with Crippen molar-refractivity contribution >= 4 is 22.5 Å². The fourth-order valence-corrected chi connectivity index (χ4v) is 3.63. The van der Waals surface area contributed by atoms with Gasteiger partial charge in [-0.3, -0.25) is 14.2 Å². The first-order valence-electron chi connectivity index (χ1n) is 9.14. The normalized spacial score (nSPS) is 12.8. The molecule has 2 heterocycles. The number of carbonyl (C=O) groups excluding carboxylic acids is 1. The largest absolute Gasteiger partial charge is 0.326 e. The molecule has 0 spiro atoms. The number of hydrogen-bond donors (Lipinski definition) is 1. The second-order valence-corrected chi connectivity index (χ2v) is 6.99. The predicted octanol–water partition coefficient (Wildman–Crippen LogP) is 3.61. The maximum Gasteiger partial charge on any atom is 0.261 e. The van der Waals surface area contributed by atoms with Crippen molar-refractivity contribution in [3.63, 3.8) is 0 Å². The fourth-order valence-electron chi connectivity index (χ4n) is 3.63. The van der Waals surface area contributed by atoms with Crippen LogP contribution in [0.25, 0.3) is 22.0 Å². The van der Waals surface area contributed by atoms with Crippen LogP contribution in [0.3, 0.4) is 0 Å². The van der Waals surface area contributed by atoms with Crippen LogP contribution in [-0.4, -0.2) is 15.5 Å². The van der Waals surface area contributed by atoms with Crippen LogP contribution >= 0.6 is 0 Å². The Labute approximate surface area is 161 Å². The highest BCUT2D eigenvalue weighted by atomic mass is 16.1. The van der Waals surface area contributed by atoms with E-state index in [2.05, 4.69) is 16.4 Å². The van der Waals surface area contributed by atoms with Crippen LogP contribution < -0.4 is 10.9 Å². The second-order valence-electron chi connectivity index (χ2n) is 6.99.